The molecule has 1 saturated heterocycles. The Hall–Kier alpha value is -1.66. The summed E-state index contributed by atoms with van der Waals surface area (Å²) in [5.74, 6) is 0.162. The number of amides is 1. The van der Waals surface area contributed by atoms with Crippen molar-refractivity contribution in [3.05, 3.63) is 45.4 Å². The van der Waals surface area contributed by atoms with Crippen molar-refractivity contribution in [2.75, 3.05) is 6.54 Å². The van der Waals surface area contributed by atoms with E-state index >= 15 is 0 Å². The van der Waals surface area contributed by atoms with Gasteiger partial charge in [0.25, 0.3) is 5.91 Å². The minimum absolute atomic E-state index is 0.162. The number of thiophene rings is 1. The molecular formula is C19H20BrN3OS. The quantitative estimate of drug-likeness (QED) is 0.576. The number of rotatable bonds is 2. The van der Waals surface area contributed by atoms with Gasteiger partial charge in [0.1, 0.15) is 4.83 Å². The molecule has 0 unspecified atom stereocenters. The zero-order valence-corrected chi connectivity index (χ0v) is 16.7. The van der Waals surface area contributed by atoms with Crippen LogP contribution in [0.5, 0.6) is 0 Å². The molecule has 4 rings (SSSR count). The van der Waals surface area contributed by atoms with Gasteiger partial charge in [-0.25, -0.2) is 4.68 Å². The highest BCUT2D eigenvalue weighted by Crippen LogP contribution is 2.32. The van der Waals surface area contributed by atoms with E-state index < -0.39 is 0 Å². The van der Waals surface area contributed by atoms with Crippen molar-refractivity contribution in [1.29, 1.82) is 0 Å². The van der Waals surface area contributed by atoms with Gasteiger partial charge in [-0.3, -0.25) is 4.79 Å². The molecule has 1 amide bonds. The van der Waals surface area contributed by atoms with Crippen LogP contribution in [-0.2, 0) is 0 Å². The lowest BCUT2D eigenvalue weighted by Gasteiger charge is -2.33. The van der Waals surface area contributed by atoms with E-state index in [1.807, 2.05) is 46.8 Å². The Bertz CT molecular complexity index is 928. The van der Waals surface area contributed by atoms with Crippen molar-refractivity contribution in [3.63, 3.8) is 0 Å². The van der Waals surface area contributed by atoms with Gasteiger partial charge in [-0.05, 0) is 63.4 Å². The first-order valence-electron chi connectivity index (χ1n) is 8.60. The lowest BCUT2D eigenvalue weighted by molar-refractivity contribution is 0.0641. The predicted molar refractivity (Wildman–Crippen MR) is 106 cm³/mol. The van der Waals surface area contributed by atoms with Gasteiger partial charge in [0, 0.05) is 22.4 Å². The van der Waals surface area contributed by atoms with Gasteiger partial charge < -0.3 is 4.90 Å². The van der Waals surface area contributed by atoms with E-state index in [0.717, 1.165) is 50.3 Å². The number of fused-ring (bicyclic) bond motifs is 1. The zero-order chi connectivity index (χ0) is 17.6. The number of piperidine rings is 1. The average Bonchev–Trinajstić information content (AvgIpc) is 3.17. The second kappa shape index (κ2) is 6.57. The first-order chi connectivity index (χ1) is 12.0. The second-order valence-electron chi connectivity index (χ2n) is 6.65. The lowest BCUT2D eigenvalue weighted by atomic mass is 10.0. The highest BCUT2D eigenvalue weighted by atomic mass is 79.9. The number of halogens is 1. The van der Waals surface area contributed by atoms with Crippen LogP contribution in [-0.4, -0.2) is 33.2 Å². The van der Waals surface area contributed by atoms with Gasteiger partial charge in [-0.2, -0.15) is 5.10 Å². The minimum atomic E-state index is 0.162. The van der Waals surface area contributed by atoms with Gasteiger partial charge in [-0.15, -0.1) is 11.3 Å². The molecule has 1 aliphatic rings. The fourth-order valence-electron chi connectivity index (χ4n) is 3.45. The molecule has 1 aromatic carbocycles. The average molecular weight is 418 g/mol. The number of hydrogen-bond acceptors (Lipinski definition) is 3. The topological polar surface area (TPSA) is 38.1 Å². The van der Waals surface area contributed by atoms with E-state index in [4.69, 9.17) is 0 Å². The SMILES string of the molecule is Cc1nn(-c2ccc(Br)cc2)c2sc(C(=O)N3CCCC[C@H]3C)cc12. The Balaban J connectivity index is 1.74. The molecule has 1 fully saturated rings. The molecule has 1 aliphatic heterocycles. The van der Waals surface area contributed by atoms with Gasteiger partial charge >= 0.3 is 0 Å². The summed E-state index contributed by atoms with van der Waals surface area (Å²) in [5, 5.41) is 5.73. The third kappa shape index (κ3) is 3.02. The van der Waals surface area contributed by atoms with E-state index in [-0.39, 0.29) is 5.91 Å². The third-order valence-corrected chi connectivity index (χ3v) is 6.52. The maximum absolute atomic E-state index is 13.0. The van der Waals surface area contributed by atoms with E-state index in [1.54, 1.807) is 11.3 Å². The Kier molecular flexibility index (Phi) is 4.41. The van der Waals surface area contributed by atoms with Crippen molar-refractivity contribution in [2.24, 2.45) is 0 Å². The standard InChI is InChI=1S/C19H20BrN3OS/c1-12-5-3-4-10-22(12)18(24)17-11-16-13(2)21-23(19(16)25-17)15-8-6-14(20)7-9-15/h6-9,11-12H,3-5,10H2,1-2H3/t12-/m1/s1. The van der Waals surface area contributed by atoms with Gasteiger partial charge in [0.05, 0.1) is 16.3 Å². The highest BCUT2D eigenvalue weighted by Gasteiger charge is 2.26. The number of nitrogens with zero attached hydrogens (tertiary/aromatic N) is 3. The normalized spacial score (nSPS) is 18.0. The van der Waals surface area contributed by atoms with Crippen molar-refractivity contribution in [3.8, 4) is 5.69 Å². The summed E-state index contributed by atoms with van der Waals surface area (Å²) in [6.07, 6.45) is 3.42. The number of hydrogen-bond donors (Lipinski definition) is 0. The van der Waals surface area contributed by atoms with Gasteiger partial charge in [-0.1, -0.05) is 15.9 Å². The Labute approximate surface area is 159 Å². The molecule has 3 aromatic rings. The Morgan fingerprint density at radius 3 is 2.76 bits per heavy atom. The Morgan fingerprint density at radius 2 is 2.04 bits per heavy atom. The zero-order valence-electron chi connectivity index (χ0n) is 14.3. The van der Waals surface area contributed by atoms with Crippen molar-refractivity contribution >= 4 is 43.4 Å². The van der Waals surface area contributed by atoms with E-state index in [0.29, 0.717) is 6.04 Å². The lowest BCUT2D eigenvalue weighted by Crippen LogP contribution is -2.41. The molecule has 0 aliphatic carbocycles. The molecule has 0 radical (unpaired) electrons. The molecule has 130 valence electrons. The van der Waals surface area contributed by atoms with Crippen LogP contribution < -0.4 is 0 Å². The van der Waals surface area contributed by atoms with Crippen LogP contribution >= 0.6 is 27.3 Å². The maximum atomic E-state index is 13.0. The number of carbonyl (C=O) groups excluding carboxylic acids is 1. The van der Waals surface area contributed by atoms with Crippen molar-refractivity contribution < 1.29 is 4.79 Å². The number of aryl methyl sites for hydroxylation is 1. The molecule has 4 nitrogen and oxygen atoms in total. The smallest absolute Gasteiger partial charge is 0.264 e. The second-order valence-corrected chi connectivity index (χ2v) is 8.59. The van der Waals surface area contributed by atoms with E-state index in [9.17, 15) is 4.79 Å². The summed E-state index contributed by atoms with van der Waals surface area (Å²) in [6, 6.07) is 10.4. The molecule has 25 heavy (non-hydrogen) atoms. The highest BCUT2D eigenvalue weighted by molar-refractivity contribution is 9.10. The van der Waals surface area contributed by atoms with Crippen LogP contribution in [0.2, 0.25) is 0 Å². The molecule has 0 saturated carbocycles. The monoisotopic (exact) mass is 417 g/mol. The minimum Gasteiger partial charge on any atom is -0.335 e. The molecule has 3 heterocycles. The van der Waals surface area contributed by atoms with E-state index in [2.05, 4.69) is 28.0 Å². The summed E-state index contributed by atoms with van der Waals surface area (Å²) in [4.78, 5) is 16.9. The summed E-state index contributed by atoms with van der Waals surface area (Å²) in [5.41, 5.74) is 1.97. The van der Waals surface area contributed by atoms with Crippen LogP contribution in [0.4, 0.5) is 0 Å². The Morgan fingerprint density at radius 1 is 1.28 bits per heavy atom. The molecular weight excluding hydrogens is 398 g/mol. The van der Waals surface area contributed by atoms with E-state index in [1.165, 1.54) is 6.42 Å². The summed E-state index contributed by atoms with van der Waals surface area (Å²) in [7, 11) is 0. The molecule has 6 heteroatoms. The predicted octanol–water partition coefficient (Wildman–Crippen LogP) is 5.17. The van der Waals surface area contributed by atoms with Crippen LogP contribution in [0.25, 0.3) is 15.9 Å². The van der Waals surface area contributed by atoms with Crippen LogP contribution in [0.1, 0.15) is 41.6 Å². The summed E-state index contributed by atoms with van der Waals surface area (Å²) in [6.45, 7) is 5.02. The van der Waals surface area contributed by atoms with Crippen molar-refractivity contribution in [2.45, 2.75) is 39.2 Å². The van der Waals surface area contributed by atoms with Crippen LogP contribution in [0, 0.1) is 6.92 Å². The largest absolute Gasteiger partial charge is 0.335 e. The van der Waals surface area contributed by atoms with Crippen molar-refractivity contribution in [1.82, 2.24) is 14.7 Å². The fraction of sp³-hybridized carbons (Fsp3) is 0.368. The van der Waals surface area contributed by atoms with Crippen LogP contribution in [0.3, 0.4) is 0 Å². The molecule has 0 bridgehead atoms. The summed E-state index contributed by atoms with van der Waals surface area (Å²) < 4.78 is 2.98. The number of likely N-dealkylation sites (tertiary alicyclic amines) is 1. The number of benzene rings is 1. The van der Waals surface area contributed by atoms with Crippen LogP contribution in [0.15, 0.2) is 34.8 Å². The summed E-state index contributed by atoms with van der Waals surface area (Å²) >= 11 is 5.01. The molecule has 1 atom stereocenters. The molecule has 2 aromatic heterocycles. The maximum Gasteiger partial charge on any atom is 0.264 e. The molecule has 0 N–H and O–H groups in total. The number of carbonyl (C=O) groups is 1. The van der Waals surface area contributed by atoms with Gasteiger partial charge in [0.15, 0.2) is 0 Å². The fourth-order valence-corrected chi connectivity index (χ4v) is 4.85. The first-order valence-corrected chi connectivity index (χ1v) is 10.2. The van der Waals surface area contributed by atoms with Gasteiger partial charge in [0.2, 0.25) is 0 Å². The number of aromatic nitrogens is 2. The molecule has 0 spiro atoms. The first kappa shape index (κ1) is 16.8. The third-order valence-electron chi connectivity index (χ3n) is 4.89.